The lowest BCUT2D eigenvalue weighted by Gasteiger charge is -2.28. The highest BCUT2D eigenvalue weighted by molar-refractivity contribution is 6.00. The molecule has 2 N–H and O–H groups in total. The van der Waals surface area contributed by atoms with Crippen molar-refractivity contribution in [2.24, 2.45) is 0 Å². The molecular formula is C24H25NO4. The molecule has 5 nitrogen and oxygen atoms in total. The van der Waals surface area contributed by atoms with Gasteiger partial charge in [0, 0.05) is 5.56 Å². The van der Waals surface area contributed by atoms with E-state index in [-0.39, 0.29) is 12.5 Å². The van der Waals surface area contributed by atoms with Gasteiger partial charge in [0.1, 0.15) is 23.9 Å². The summed E-state index contributed by atoms with van der Waals surface area (Å²) >= 11 is 0. The first kappa shape index (κ1) is 19.3. The molecule has 0 unspecified atom stereocenters. The minimum absolute atomic E-state index is 0.00728. The molecule has 1 aliphatic carbocycles. The summed E-state index contributed by atoms with van der Waals surface area (Å²) in [4.78, 5) is 13.5. The van der Waals surface area contributed by atoms with Gasteiger partial charge < -0.3 is 19.6 Å². The Labute approximate surface area is 170 Å². The van der Waals surface area contributed by atoms with E-state index in [0.29, 0.717) is 23.0 Å². The summed E-state index contributed by atoms with van der Waals surface area (Å²) in [5.74, 6) is 1.71. The third-order valence-corrected chi connectivity index (χ3v) is 5.77. The van der Waals surface area contributed by atoms with Gasteiger partial charge in [-0.05, 0) is 48.7 Å². The smallest absolute Gasteiger partial charge is 0.235 e. The molecule has 1 amide bonds. The summed E-state index contributed by atoms with van der Waals surface area (Å²) in [7, 11) is 1.59. The van der Waals surface area contributed by atoms with Crippen molar-refractivity contribution in [1.82, 2.24) is 0 Å². The zero-order valence-corrected chi connectivity index (χ0v) is 16.5. The molecule has 0 atom stereocenters. The highest BCUT2D eigenvalue weighted by Gasteiger charge is 2.42. The van der Waals surface area contributed by atoms with Gasteiger partial charge >= 0.3 is 0 Å². The van der Waals surface area contributed by atoms with Crippen LogP contribution in [0.2, 0.25) is 0 Å². The van der Waals surface area contributed by atoms with Gasteiger partial charge in [-0.1, -0.05) is 43.2 Å². The number of methoxy groups -OCH3 is 1. The van der Waals surface area contributed by atoms with Crippen LogP contribution in [-0.4, -0.2) is 18.1 Å². The average Bonchev–Trinajstić information content (AvgIpc) is 3.45. The quantitative estimate of drug-likeness (QED) is 0.627. The summed E-state index contributed by atoms with van der Waals surface area (Å²) in [5.41, 5.74) is 1.96. The van der Waals surface area contributed by atoms with E-state index in [9.17, 15) is 9.90 Å². The van der Waals surface area contributed by atoms with Crippen molar-refractivity contribution in [3.05, 3.63) is 72.0 Å². The lowest BCUT2D eigenvalue weighted by Crippen LogP contribution is -2.38. The summed E-state index contributed by atoms with van der Waals surface area (Å²) in [6.07, 6.45) is 3.75. The standard InChI is InChI=1S/C24H25NO4/c1-28-22-11-9-17(21-12-10-19(16-26)29-21)15-20(22)25-23(27)24(13-5-6-14-24)18-7-3-2-4-8-18/h2-4,7-12,15,26H,5-6,13-14,16H2,1H3,(H,25,27). The predicted octanol–water partition coefficient (Wildman–Crippen LogP) is 4.90. The lowest BCUT2D eigenvalue weighted by atomic mass is 9.78. The molecule has 4 rings (SSSR count). The molecule has 3 aromatic rings. The zero-order valence-electron chi connectivity index (χ0n) is 16.5. The Morgan fingerprint density at radius 3 is 2.52 bits per heavy atom. The van der Waals surface area contributed by atoms with Gasteiger partial charge in [-0.15, -0.1) is 0 Å². The summed E-state index contributed by atoms with van der Waals surface area (Å²) < 4.78 is 11.1. The number of aliphatic hydroxyl groups is 1. The Bertz CT molecular complexity index is 987. The molecule has 0 aliphatic heterocycles. The Kier molecular flexibility index (Phi) is 5.41. The zero-order chi connectivity index (χ0) is 20.3. The van der Waals surface area contributed by atoms with E-state index < -0.39 is 5.41 Å². The van der Waals surface area contributed by atoms with E-state index in [4.69, 9.17) is 9.15 Å². The van der Waals surface area contributed by atoms with E-state index in [1.165, 1.54) is 0 Å². The first-order valence-electron chi connectivity index (χ1n) is 9.91. The van der Waals surface area contributed by atoms with Crippen LogP contribution in [0.15, 0.2) is 65.1 Å². The van der Waals surface area contributed by atoms with Crippen LogP contribution in [0.3, 0.4) is 0 Å². The van der Waals surface area contributed by atoms with Gasteiger partial charge in [0.25, 0.3) is 0 Å². The summed E-state index contributed by atoms with van der Waals surface area (Å²) in [6, 6.07) is 19.1. The maximum absolute atomic E-state index is 13.5. The van der Waals surface area contributed by atoms with Crippen LogP contribution in [-0.2, 0) is 16.8 Å². The van der Waals surface area contributed by atoms with E-state index in [1.807, 2.05) is 48.5 Å². The fourth-order valence-corrected chi connectivity index (χ4v) is 4.20. The van der Waals surface area contributed by atoms with Gasteiger partial charge in [0.2, 0.25) is 5.91 Å². The lowest BCUT2D eigenvalue weighted by molar-refractivity contribution is -0.121. The van der Waals surface area contributed by atoms with Crippen LogP contribution in [0.1, 0.15) is 37.0 Å². The number of nitrogens with one attached hydrogen (secondary N) is 1. The van der Waals surface area contributed by atoms with Gasteiger partial charge in [0.15, 0.2) is 0 Å². The molecule has 29 heavy (non-hydrogen) atoms. The number of carbonyl (C=O) groups excluding carboxylic acids is 1. The number of aliphatic hydroxyl groups excluding tert-OH is 1. The molecule has 1 heterocycles. The molecule has 1 saturated carbocycles. The van der Waals surface area contributed by atoms with E-state index in [1.54, 1.807) is 19.2 Å². The number of carbonyl (C=O) groups is 1. The second-order valence-corrected chi connectivity index (χ2v) is 7.45. The summed E-state index contributed by atoms with van der Waals surface area (Å²) in [6.45, 7) is -0.153. The van der Waals surface area contributed by atoms with E-state index in [0.717, 1.165) is 36.8 Å². The number of ether oxygens (including phenoxy) is 1. The number of amides is 1. The van der Waals surface area contributed by atoms with Crippen LogP contribution >= 0.6 is 0 Å². The first-order chi connectivity index (χ1) is 14.2. The highest BCUT2D eigenvalue weighted by Crippen LogP contribution is 2.43. The largest absolute Gasteiger partial charge is 0.495 e. The number of furan rings is 1. The van der Waals surface area contributed by atoms with Gasteiger partial charge in [0.05, 0.1) is 18.2 Å². The monoisotopic (exact) mass is 391 g/mol. The Balaban J connectivity index is 1.67. The number of benzene rings is 2. The normalized spacial score (nSPS) is 15.2. The fourth-order valence-electron chi connectivity index (χ4n) is 4.20. The SMILES string of the molecule is COc1ccc(-c2ccc(CO)o2)cc1NC(=O)C1(c2ccccc2)CCCC1. The molecule has 2 aromatic carbocycles. The second-order valence-electron chi connectivity index (χ2n) is 7.45. The third-order valence-electron chi connectivity index (χ3n) is 5.77. The van der Waals surface area contributed by atoms with Crippen molar-refractivity contribution in [3.63, 3.8) is 0 Å². The number of rotatable bonds is 6. The molecule has 0 spiro atoms. The van der Waals surface area contributed by atoms with E-state index >= 15 is 0 Å². The topological polar surface area (TPSA) is 71.7 Å². The number of hydrogen-bond acceptors (Lipinski definition) is 4. The van der Waals surface area contributed by atoms with Crippen molar-refractivity contribution < 1.29 is 19.1 Å². The second kappa shape index (κ2) is 8.13. The highest BCUT2D eigenvalue weighted by atomic mass is 16.5. The van der Waals surface area contributed by atoms with Crippen LogP contribution in [0.25, 0.3) is 11.3 Å². The van der Waals surface area contributed by atoms with Crippen LogP contribution in [0, 0.1) is 0 Å². The molecular weight excluding hydrogens is 366 g/mol. The molecule has 1 aromatic heterocycles. The van der Waals surface area contributed by atoms with Crippen molar-refractivity contribution in [2.45, 2.75) is 37.7 Å². The molecule has 1 aliphatic rings. The van der Waals surface area contributed by atoms with Gasteiger partial charge in [-0.3, -0.25) is 4.79 Å². The van der Waals surface area contributed by atoms with Crippen LogP contribution < -0.4 is 10.1 Å². The Morgan fingerprint density at radius 2 is 1.86 bits per heavy atom. The maximum atomic E-state index is 13.5. The Hall–Kier alpha value is -3.05. The van der Waals surface area contributed by atoms with Crippen molar-refractivity contribution in [3.8, 4) is 17.1 Å². The number of anilines is 1. The molecule has 0 radical (unpaired) electrons. The molecule has 150 valence electrons. The van der Waals surface area contributed by atoms with Gasteiger partial charge in [-0.25, -0.2) is 0 Å². The number of hydrogen-bond donors (Lipinski definition) is 2. The first-order valence-corrected chi connectivity index (χ1v) is 9.91. The van der Waals surface area contributed by atoms with Gasteiger partial charge in [-0.2, -0.15) is 0 Å². The Morgan fingerprint density at radius 1 is 1.10 bits per heavy atom. The van der Waals surface area contributed by atoms with Crippen LogP contribution in [0.5, 0.6) is 5.75 Å². The fraction of sp³-hybridized carbons (Fsp3) is 0.292. The summed E-state index contributed by atoms with van der Waals surface area (Å²) in [5, 5.41) is 12.4. The third kappa shape index (κ3) is 3.66. The minimum Gasteiger partial charge on any atom is -0.495 e. The van der Waals surface area contributed by atoms with E-state index in [2.05, 4.69) is 5.32 Å². The average molecular weight is 391 g/mol. The van der Waals surface area contributed by atoms with Crippen molar-refractivity contribution in [2.75, 3.05) is 12.4 Å². The van der Waals surface area contributed by atoms with Crippen molar-refractivity contribution >= 4 is 11.6 Å². The minimum atomic E-state index is -0.517. The molecule has 0 bridgehead atoms. The molecule has 1 fully saturated rings. The van der Waals surface area contributed by atoms with Crippen LogP contribution in [0.4, 0.5) is 5.69 Å². The van der Waals surface area contributed by atoms with Crippen molar-refractivity contribution in [1.29, 1.82) is 0 Å². The maximum Gasteiger partial charge on any atom is 0.235 e. The molecule has 0 saturated heterocycles. The predicted molar refractivity (Wildman–Crippen MR) is 112 cm³/mol. The molecule has 5 heteroatoms.